The van der Waals surface area contributed by atoms with Crippen LogP contribution in [0.5, 0.6) is 5.75 Å². The van der Waals surface area contributed by atoms with Gasteiger partial charge in [0.15, 0.2) is 0 Å². The number of hydrogen-bond acceptors (Lipinski definition) is 3. The molecule has 0 aliphatic heterocycles. The molecule has 0 aliphatic rings. The lowest BCUT2D eigenvalue weighted by Gasteiger charge is -2.21. The lowest BCUT2D eigenvalue weighted by Crippen LogP contribution is -2.30. The van der Waals surface area contributed by atoms with Crippen LogP contribution in [0.25, 0.3) is 0 Å². The van der Waals surface area contributed by atoms with Gasteiger partial charge in [-0.25, -0.2) is 4.39 Å². The Morgan fingerprint density at radius 1 is 1.32 bits per heavy atom. The fraction of sp³-hybridized carbons (Fsp3) is 0.600. The standard InChI is InChI=1S/C15H25FN2O/c1-11(2)18(4)9-5-8-17-12(3)14-7-6-13(16)10-15(14)19/h6-7,10-12,17,19H,5,8-9H2,1-4H3. The topological polar surface area (TPSA) is 35.5 Å². The van der Waals surface area contributed by atoms with Gasteiger partial charge in [-0.2, -0.15) is 0 Å². The minimum atomic E-state index is -0.410. The van der Waals surface area contributed by atoms with Crippen molar-refractivity contribution >= 4 is 0 Å². The molecule has 0 radical (unpaired) electrons. The number of aromatic hydroxyl groups is 1. The normalized spacial score (nSPS) is 13.2. The Labute approximate surface area is 115 Å². The van der Waals surface area contributed by atoms with E-state index in [2.05, 4.69) is 31.1 Å². The first-order valence-electron chi connectivity index (χ1n) is 6.84. The van der Waals surface area contributed by atoms with Gasteiger partial charge in [-0.05, 0) is 53.4 Å². The number of nitrogens with zero attached hydrogens (tertiary/aromatic N) is 1. The molecule has 4 heteroatoms. The van der Waals surface area contributed by atoms with Crippen LogP contribution in [0.2, 0.25) is 0 Å². The minimum Gasteiger partial charge on any atom is -0.508 e. The molecule has 0 fully saturated rings. The number of rotatable bonds is 7. The Morgan fingerprint density at radius 2 is 2.00 bits per heavy atom. The van der Waals surface area contributed by atoms with Crippen LogP contribution in [0.4, 0.5) is 4.39 Å². The molecule has 0 aliphatic carbocycles. The Kier molecular flexibility index (Phi) is 6.25. The summed E-state index contributed by atoms with van der Waals surface area (Å²) >= 11 is 0. The zero-order valence-corrected chi connectivity index (χ0v) is 12.3. The molecule has 0 spiro atoms. The Morgan fingerprint density at radius 3 is 2.58 bits per heavy atom. The van der Waals surface area contributed by atoms with E-state index in [1.165, 1.54) is 6.07 Å². The SMILES string of the molecule is CC(NCCCN(C)C(C)C)c1ccc(F)cc1O. The van der Waals surface area contributed by atoms with Crippen molar-refractivity contribution in [1.82, 2.24) is 10.2 Å². The summed E-state index contributed by atoms with van der Waals surface area (Å²) in [5.74, 6) is -0.397. The van der Waals surface area contributed by atoms with Crippen molar-refractivity contribution < 1.29 is 9.50 Å². The van der Waals surface area contributed by atoms with Crippen LogP contribution in [0.3, 0.4) is 0 Å². The number of phenols is 1. The van der Waals surface area contributed by atoms with Crippen molar-refractivity contribution in [1.29, 1.82) is 0 Å². The molecule has 1 atom stereocenters. The highest BCUT2D eigenvalue weighted by Gasteiger charge is 2.10. The third kappa shape index (κ3) is 5.17. The molecule has 19 heavy (non-hydrogen) atoms. The van der Waals surface area contributed by atoms with Crippen LogP contribution in [0.15, 0.2) is 18.2 Å². The Hall–Kier alpha value is -1.13. The summed E-state index contributed by atoms with van der Waals surface area (Å²) in [6.07, 6.45) is 1.04. The number of phenolic OH excluding ortho intramolecular Hbond substituents is 1. The first-order valence-corrected chi connectivity index (χ1v) is 6.84. The maximum Gasteiger partial charge on any atom is 0.126 e. The van der Waals surface area contributed by atoms with Crippen molar-refractivity contribution in [3.8, 4) is 5.75 Å². The minimum absolute atomic E-state index is 0.0132. The van der Waals surface area contributed by atoms with Gasteiger partial charge in [0, 0.05) is 23.7 Å². The molecule has 0 bridgehead atoms. The molecule has 108 valence electrons. The predicted octanol–water partition coefficient (Wildman–Crippen LogP) is 2.91. The van der Waals surface area contributed by atoms with Crippen LogP contribution in [0, 0.1) is 5.82 Å². The van der Waals surface area contributed by atoms with E-state index in [-0.39, 0.29) is 11.8 Å². The lowest BCUT2D eigenvalue weighted by atomic mass is 10.1. The van der Waals surface area contributed by atoms with Crippen molar-refractivity contribution in [2.45, 2.75) is 39.3 Å². The second kappa shape index (κ2) is 7.46. The summed E-state index contributed by atoms with van der Waals surface area (Å²) in [6.45, 7) is 8.22. The first-order chi connectivity index (χ1) is 8.91. The van der Waals surface area contributed by atoms with Gasteiger partial charge < -0.3 is 15.3 Å². The summed E-state index contributed by atoms with van der Waals surface area (Å²) in [5.41, 5.74) is 0.735. The molecule has 1 aromatic carbocycles. The maximum absolute atomic E-state index is 12.9. The van der Waals surface area contributed by atoms with Gasteiger partial charge in [-0.3, -0.25) is 0 Å². The molecule has 1 unspecified atom stereocenters. The fourth-order valence-electron chi connectivity index (χ4n) is 1.90. The predicted molar refractivity (Wildman–Crippen MR) is 76.9 cm³/mol. The lowest BCUT2D eigenvalue weighted by molar-refractivity contribution is 0.268. The monoisotopic (exact) mass is 268 g/mol. The van der Waals surface area contributed by atoms with E-state index in [1.807, 2.05) is 6.92 Å². The maximum atomic E-state index is 12.9. The van der Waals surface area contributed by atoms with Crippen LogP contribution in [0.1, 0.15) is 38.8 Å². The van der Waals surface area contributed by atoms with Crippen molar-refractivity contribution in [3.05, 3.63) is 29.6 Å². The van der Waals surface area contributed by atoms with Gasteiger partial charge in [0.2, 0.25) is 0 Å². The van der Waals surface area contributed by atoms with Crippen LogP contribution < -0.4 is 5.32 Å². The number of hydrogen-bond donors (Lipinski definition) is 2. The van der Waals surface area contributed by atoms with Gasteiger partial charge >= 0.3 is 0 Å². The van der Waals surface area contributed by atoms with Crippen molar-refractivity contribution in [2.24, 2.45) is 0 Å². The molecule has 0 saturated heterocycles. The average Bonchev–Trinajstić information content (AvgIpc) is 2.33. The molecular formula is C15H25FN2O. The molecule has 0 saturated carbocycles. The number of benzene rings is 1. The summed E-state index contributed by atoms with van der Waals surface area (Å²) in [5, 5.41) is 13.0. The average molecular weight is 268 g/mol. The molecule has 3 nitrogen and oxygen atoms in total. The Bertz CT molecular complexity index is 396. The summed E-state index contributed by atoms with van der Waals surface area (Å²) in [7, 11) is 2.11. The first kappa shape index (κ1) is 15.9. The van der Waals surface area contributed by atoms with Crippen molar-refractivity contribution in [3.63, 3.8) is 0 Å². The van der Waals surface area contributed by atoms with Gasteiger partial charge in [-0.15, -0.1) is 0 Å². The molecular weight excluding hydrogens is 243 g/mol. The molecule has 2 N–H and O–H groups in total. The molecule has 1 aromatic rings. The van der Waals surface area contributed by atoms with Gasteiger partial charge in [0.1, 0.15) is 11.6 Å². The number of halogens is 1. The third-order valence-corrected chi connectivity index (χ3v) is 3.48. The van der Waals surface area contributed by atoms with Crippen molar-refractivity contribution in [2.75, 3.05) is 20.1 Å². The summed E-state index contributed by atoms with van der Waals surface area (Å²) in [6, 6.07) is 4.73. The highest BCUT2D eigenvalue weighted by Crippen LogP contribution is 2.24. The van der Waals surface area contributed by atoms with Crippen LogP contribution >= 0.6 is 0 Å². The van der Waals surface area contributed by atoms with E-state index < -0.39 is 5.82 Å². The van der Waals surface area contributed by atoms with Crippen LogP contribution in [-0.4, -0.2) is 36.2 Å². The molecule has 0 heterocycles. The van der Waals surface area contributed by atoms with E-state index in [1.54, 1.807) is 6.07 Å². The third-order valence-electron chi connectivity index (χ3n) is 3.48. The van der Waals surface area contributed by atoms with Crippen LogP contribution in [-0.2, 0) is 0 Å². The zero-order chi connectivity index (χ0) is 14.4. The molecule has 0 aromatic heterocycles. The van der Waals surface area contributed by atoms with E-state index >= 15 is 0 Å². The quantitative estimate of drug-likeness (QED) is 0.746. The van der Waals surface area contributed by atoms with Gasteiger partial charge in [0.05, 0.1) is 0 Å². The number of nitrogens with one attached hydrogen (secondary N) is 1. The second-order valence-electron chi connectivity index (χ2n) is 5.31. The van der Waals surface area contributed by atoms with Gasteiger partial charge in [-0.1, -0.05) is 6.07 Å². The van der Waals surface area contributed by atoms with Gasteiger partial charge in [0.25, 0.3) is 0 Å². The highest BCUT2D eigenvalue weighted by atomic mass is 19.1. The summed E-state index contributed by atoms with van der Waals surface area (Å²) < 4.78 is 12.9. The van der Waals surface area contributed by atoms with E-state index in [0.29, 0.717) is 6.04 Å². The largest absolute Gasteiger partial charge is 0.508 e. The molecule has 0 amide bonds. The highest BCUT2D eigenvalue weighted by molar-refractivity contribution is 5.34. The van der Waals surface area contributed by atoms with E-state index in [9.17, 15) is 9.50 Å². The fourth-order valence-corrected chi connectivity index (χ4v) is 1.90. The van der Waals surface area contributed by atoms with E-state index in [0.717, 1.165) is 31.1 Å². The molecule has 1 rings (SSSR count). The second-order valence-corrected chi connectivity index (χ2v) is 5.31. The smallest absolute Gasteiger partial charge is 0.126 e. The van der Waals surface area contributed by atoms with E-state index in [4.69, 9.17) is 0 Å². The summed E-state index contributed by atoms with van der Waals surface area (Å²) in [4.78, 5) is 2.29. The Balaban J connectivity index is 2.37. The zero-order valence-electron chi connectivity index (χ0n) is 12.3.